The molecule has 0 unspecified atom stereocenters. The summed E-state index contributed by atoms with van der Waals surface area (Å²) in [5.41, 5.74) is 0.865. The van der Waals surface area contributed by atoms with Crippen LogP contribution in [-0.2, 0) is 6.54 Å². The maximum absolute atomic E-state index is 12.3. The first-order valence-electron chi connectivity index (χ1n) is 8.31. The third-order valence-corrected chi connectivity index (χ3v) is 4.08. The number of aromatic hydroxyl groups is 1. The highest BCUT2D eigenvalue weighted by Gasteiger charge is 2.15. The summed E-state index contributed by atoms with van der Waals surface area (Å²) in [6.45, 7) is 1.84. The second kappa shape index (κ2) is 7.87. The second-order valence-corrected chi connectivity index (χ2v) is 5.87. The molecule has 1 amide bonds. The minimum atomic E-state index is -0.463. The molecule has 146 valence electrons. The number of aryl methyl sites for hydroxylation is 1. The van der Waals surface area contributed by atoms with E-state index < -0.39 is 11.3 Å². The molecule has 0 radical (unpaired) electrons. The monoisotopic (exact) mass is 385 g/mol. The Morgan fingerprint density at radius 2 is 2.00 bits per heavy atom. The van der Waals surface area contributed by atoms with Crippen LogP contribution in [0.3, 0.4) is 0 Å². The molecule has 3 aromatic rings. The number of benzene rings is 1. The van der Waals surface area contributed by atoms with Crippen molar-refractivity contribution in [2.45, 2.75) is 13.5 Å². The summed E-state index contributed by atoms with van der Waals surface area (Å²) in [6, 6.07) is 5.89. The molecule has 28 heavy (non-hydrogen) atoms. The maximum Gasteiger partial charge on any atom is 0.268 e. The molecular weight excluding hydrogens is 366 g/mol. The summed E-state index contributed by atoms with van der Waals surface area (Å²) in [4.78, 5) is 31.1. The molecule has 3 N–H and O–H groups in total. The molecule has 0 aliphatic carbocycles. The molecule has 0 spiro atoms. The molecule has 0 saturated heterocycles. The number of phenolic OH excluding ortho intramolecular Hbond substituents is 1. The van der Waals surface area contributed by atoms with Crippen LogP contribution in [0.1, 0.15) is 21.9 Å². The Morgan fingerprint density at radius 1 is 1.25 bits per heavy atom. The van der Waals surface area contributed by atoms with Crippen molar-refractivity contribution in [3.05, 3.63) is 57.8 Å². The lowest BCUT2D eigenvalue weighted by Gasteiger charge is -2.05. The van der Waals surface area contributed by atoms with Gasteiger partial charge in [0.25, 0.3) is 5.91 Å². The minimum Gasteiger partial charge on any atom is -0.504 e. The standard InChI is InChI=1S/C19H19N3O6/c1-10-13(8-21-18(25)12-7-15(24)17(27-3)9-20-12)22-19(28-10)11-4-5-14(23)16(6-11)26-2/h4-7,9,23H,8H2,1-3H3,(H,20,24)(H,21,25). The number of oxazole rings is 1. The van der Waals surface area contributed by atoms with Crippen LogP contribution < -0.4 is 20.2 Å². The fraction of sp³-hybridized carbons (Fsp3) is 0.211. The van der Waals surface area contributed by atoms with Crippen LogP contribution in [0.25, 0.3) is 11.5 Å². The van der Waals surface area contributed by atoms with Crippen LogP contribution >= 0.6 is 0 Å². The number of phenols is 1. The van der Waals surface area contributed by atoms with E-state index in [1.807, 2.05) is 0 Å². The topological polar surface area (TPSA) is 127 Å². The van der Waals surface area contributed by atoms with Gasteiger partial charge >= 0.3 is 0 Å². The third kappa shape index (κ3) is 3.83. The number of carbonyl (C=O) groups excluding carboxylic acids is 1. The van der Waals surface area contributed by atoms with Crippen molar-refractivity contribution in [1.29, 1.82) is 0 Å². The van der Waals surface area contributed by atoms with Gasteiger partial charge in [-0.05, 0) is 25.1 Å². The lowest BCUT2D eigenvalue weighted by molar-refractivity contribution is 0.0945. The van der Waals surface area contributed by atoms with Crippen LogP contribution in [0.4, 0.5) is 0 Å². The van der Waals surface area contributed by atoms with Crippen LogP contribution in [0.2, 0.25) is 0 Å². The number of H-pyrrole nitrogens is 1. The van der Waals surface area contributed by atoms with Crippen molar-refractivity contribution in [2.75, 3.05) is 14.2 Å². The highest BCUT2D eigenvalue weighted by atomic mass is 16.5. The number of nitrogens with zero attached hydrogens (tertiary/aromatic N) is 1. The molecule has 3 rings (SSSR count). The number of carbonyl (C=O) groups is 1. The van der Waals surface area contributed by atoms with E-state index in [0.29, 0.717) is 28.7 Å². The van der Waals surface area contributed by atoms with Gasteiger partial charge in [-0.3, -0.25) is 9.59 Å². The highest BCUT2D eigenvalue weighted by molar-refractivity contribution is 5.92. The summed E-state index contributed by atoms with van der Waals surface area (Å²) >= 11 is 0. The van der Waals surface area contributed by atoms with E-state index in [2.05, 4.69) is 15.3 Å². The Hall–Kier alpha value is -3.75. The summed E-state index contributed by atoms with van der Waals surface area (Å²) in [7, 11) is 2.82. The molecule has 0 bridgehead atoms. The van der Waals surface area contributed by atoms with Crippen molar-refractivity contribution >= 4 is 5.91 Å². The smallest absolute Gasteiger partial charge is 0.268 e. The normalized spacial score (nSPS) is 10.5. The Bertz CT molecular complexity index is 1070. The number of amides is 1. The number of rotatable bonds is 6. The summed E-state index contributed by atoms with van der Waals surface area (Å²) in [5, 5.41) is 12.4. The van der Waals surface area contributed by atoms with Crippen molar-refractivity contribution in [3.63, 3.8) is 0 Å². The van der Waals surface area contributed by atoms with Gasteiger partial charge in [0.15, 0.2) is 17.2 Å². The van der Waals surface area contributed by atoms with E-state index in [4.69, 9.17) is 13.9 Å². The first-order chi connectivity index (χ1) is 13.4. The van der Waals surface area contributed by atoms with Gasteiger partial charge in [0.05, 0.1) is 20.8 Å². The van der Waals surface area contributed by atoms with Crippen LogP contribution in [0.5, 0.6) is 17.2 Å². The zero-order valence-electron chi connectivity index (χ0n) is 15.5. The van der Waals surface area contributed by atoms with Gasteiger partial charge in [0.2, 0.25) is 11.3 Å². The van der Waals surface area contributed by atoms with Crippen LogP contribution in [0.15, 0.2) is 39.7 Å². The highest BCUT2D eigenvalue weighted by Crippen LogP contribution is 2.31. The van der Waals surface area contributed by atoms with E-state index in [0.717, 1.165) is 6.07 Å². The first kappa shape index (κ1) is 19.0. The van der Waals surface area contributed by atoms with Crippen molar-refractivity contribution in [3.8, 4) is 28.7 Å². The number of nitrogens with one attached hydrogen (secondary N) is 2. The predicted molar refractivity (Wildman–Crippen MR) is 99.7 cm³/mol. The van der Waals surface area contributed by atoms with Crippen molar-refractivity contribution in [1.82, 2.24) is 15.3 Å². The fourth-order valence-corrected chi connectivity index (χ4v) is 2.53. The molecule has 0 aliphatic heterocycles. The number of hydrogen-bond acceptors (Lipinski definition) is 7. The number of ether oxygens (including phenoxy) is 2. The van der Waals surface area contributed by atoms with Crippen molar-refractivity contribution in [2.24, 2.45) is 0 Å². The van der Waals surface area contributed by atoms with E-state index in [1.165, 1.54) is 26.5 Å². The maximum atomic E-state index is 12.3. The summed E-state index contributed by atoms with van der Waals surface area (Å²) in [6.07, 6.45) is 1.33. The van der Waals surface area contributed by atoms with E-state index in [1.54, 1.807) is 19.1 Å². The van der Waals surface area contributed by atoms with Gasteiger partial charge in [-0.2, -0.15) is 0 Å². The first-order valence-corrected chi connectivity index (χ1v) is 8.31. The third-order valence-electron chi connectivity index (χ3n) is 4.08. The Labute approximate surface area is 159 Å². The molecule has 2 heterocycles. The molecular formula is C19H19N3O6. The van der Waals surface area contributed by atoms with Crippen LogP contribution in [0, 0.1) is 6.92 Å². The molecule has 0 saturated carbocycles. The van der Waals surface area contributed by atoms with Gasteiger partial charge in [0, 0.05) is 17.8 Å². The fourth-order valence-electron chi connectivity index (χ4n) is 2.53. The summed E-state index contributed by atoms with van der Waals surface area (Å²) < 4.78 is 15.6. The number of aromatic nitrogens is 2. The van der Waals surface area contributed by atoms with E-state index >= 15 is 0 Å². The lowest BCUT2D eigenvalue weighted by Crippen LogP contribution is -2.25. The van der Waals surface area contributed by atoms with E-state index in [9.17, 15) is 14.7 Å². The van der Waals surface area contributed by atoms with Gasteiger partial charge in [0.1, 0.15) is 17.1 Å². The molecule has 9 nitrogen and oxygen atoms in total. The zero-order chi connectivity index (χ0) is 20.3. The second-order valence-electron chi connectivity index (χ2n) is 5.87. The largest absolute Gasteiger partial charge is 0.504 e. The number of methoxy groups -OCH3 is 2. The molecule has 9 heteroatoms. The molecule has 0 fully saturated rings. The molecule has 1 aromatic carbocycles. The molecule has 2 aromatic heterocycles. The molecule has 0 aliphatic rings. The van der Waals surface area contributed by atoms with Gasteiger partial charge in [-0.1, -0.05) is 0 Å². The van der Waals surface area contributed by atoms with Gasteiger partial charge in [-0.25, -0.2) is 4.98 Å². The average molecular weight is 385 g/mol. The number of pyridine rings is 1. The van der Waals surface area contributed by atoms with Gasteiger partial charge < -0.3 is 29.3 Å². The van der Waals surface area contributed by atoms with E-state index in [-0.39, 0.29) is 23.7 Å². The quantitative estimate of drug-likeness (QED) is 0.592. The predicted octanol–water partition coefficient (Wildman–Crippen LogP) is 1.99. The lowest BCUT2D eigenvalue weighted by atomic mass is 10.2. The average Bonchev–Trinajstić information content (AvgIpc) is 3.07. The Morgan fingerprint density at radius 3 is 2.68 bits per heavy atom. The Kier molecular flexibility index (Phi) is 5.35. The molecule has 0 atom stereocenters. The summed E-state index contributed by atoms with van der Waals surface area (Å²) in [5.74, 6) is 0.832. The van der Waals surface area contributed by atoms with Crippen LogP contribution in [-0.4, -0.2) is 35.2 Å². The minimum absolute atomic E-state index is 0.00972. The van der Waals surface area contributed by atoms with Crippen molar-refractivity contribution < 1.29 is 23.8 Å². The SMILES string of the molecule is COc1cc(-c2nc(CNC(=O)c3cc(=O)c(OC)c[nH]3)c(C)o2)ccc1O. The number of hydrogen-bond donors (Lipinski definition) is 3. The number of aromatic amines is 1. The van der Waals surface area contributed by atoms with Gasteiger partial charge in [-0.15, -0.1) is 0 Å². The Balaban J connectivity index is 1.74. The zero-order valence-corrected chi connectivity index (χ0v) is 15.5.